The standard InChI is InChI=1S/C15H17F3N2O3/c1-7(2)6-23-13-11-9(4-5-19-13)20-8(3)10(14(21)22)12(11)15(16,17)18/h4-5,7,12,20H,6H2,1-3H3,(H,21,22). The normalized spacial score (nSPS) is 17.8. The Kier molecular flexibility index (Phi) is 4.53. The van der Waals surface area contributed by atoms with E-state index in [0.29, 0.717) is 0 Å². The Morgan fingerprint density at radius 3 is 2.65 bits per heavy atom. The number of alkyl halides is 3. The lowest BCUT2D eigenvalue weighted by molar-refractivity contribution is -0.152. The maximum Gasteiger partial charge on any atom is 0.400 e. The summed E-state index contributed by atoms with van der Waals surface area (Å²) in [5.41, 5.74) is -0.923. The van der Waals surface area contributed by atoms with Crippen LogP contribution in [0.2, 0.25) is 0 Å². The lowest BCUT2D eigenvalue weighted by Crippen LogP contribution is -2.32. The average molecular weight is 330 g/mol. The predicted molar refractivity (Wildman–Crippen MR) is 77.3 cm³/mol. The van der Waals surface area contributed by atoms with Gasteiger partial charge in [-0.1, -0.05) is 13.8 Å². The zero-order chi connectivity index (χ0) is 17.4. The number of nitrogens with one attached hydrogen (secondary N) is 1. The lowest BCUT2D eigenvalue weighted by Gasteiger charge is -2.31. The summed E-state index contributed by atoms with van der Waals surface area (Å²) in [6.07, 6.45) is -3.45. The second-order valence-electron chi connectivity index (χ2n) is 5.73. The number of pyridine rings is 1. The zero-order valence-electron chi connectivity index (χ0n) is 12.9. The van der Waals surface area contributed by atoms with Crippen LogP contribution in [0.5, 0.6) is 5.88 Å². The first-order valence-electron chi connectivity index (χ1n) is 7.02. The van der Waals surface area contributed by atoms with Crippen LogP contribution in [0.15, 0.2) is 23.5 Å². The van der Waals surface area contributed by atoms with Crippen molar-refractivity contribution in [3.8, 4) is 5.88 Å². The number of anilines is 1. The van der Waals surface area contributed by atoms with Crippen molar-refractivity contribution in [2.45, 2.75) is 32.9 Å². The zero-order valence-corrected chi connectivity index (χ0v) is 12.9. The van der Waals surface area contributed by atoms with Crippen LogP contribution in [0.3, 0.4) is 0 Å². The van der Waals surface area contributed by atoms with Gasteiger partial charge in [0.15, 0.2) is 0 Å². The minimum atomic E-state index is -4.77. The number of halogens is 3. The van der Waals surface area contributed by atoms with Crippen LogP contribution in [-0.2, 0) is 4.79 Å². The topological polar surface area (TPSA) is 71.5 Å². The van der Waals surface area contributed by atoms with E-state index < -0.39 is 23.6 Å². The first kappa shape index (κ1) is 17.1. The second-order valence-corrected chi connectivity index (χ2v) is 5.73. The van der Waals surface area contributed by atoms with Crippen molar-refractivity contribution in [1.82, 2.24) is 4.98 Å². The molecule has 1 aliphatic rings. The molecule has 126 valence electrons. The molecule has 1 aliphatic heterocycles. The average Bonchev–Trinajstić information content (AvgIpc) is 2.41. The molecule has 0 aliphatic carbocycles. The number of allylic oxidation sites excluding steroid dienone is 1. The predicted octanol–water partition coefficient (Wildman–Crippen LogP) is 3.55. The van der Waals surface area contributed by atoms with Crippen molar-refractivity contribution < 1.29 is 27.8 Å². The Balaban J connectivity index is 2.61. The second kappa shape index (κ2) is 6.10. The minimum Gasteiger partial charge on any atom is -0.478 e. The molecule has 1 atom stereocenters. The van der Waals surface area contributed by atoms with Crippen LogP contribution in [-0.4, -0.2) is 28.8 Å². The van der Waals surface area contributed by atoms with Crippen LogP contribution >= 0.6 is 0 Å². The highest BCUT2D eigenvalue weighted by Gasteiger charge is 2.50. The number of carboxylic acids is 1. The molecule has 0 aromatic carbocycles. The maximum absolute atomic E-state index is 13.6. The van der Waals surface area contributed by atoms with Gasteiger partial charge in [-0.25, -0.2) is 9.78 Å². The molecule has 0 fully saturated rings. The first-order valence-corrected chi connectivity index (χ1v) is 7.02. The third-order valence-electron chi connectivity index (χ3n) is 3.37. The van der Waals surface area contributed by atoms with Crippen molar-refractivity contribution in [1.29, 1.82) is 0 Å². The Labute approximate surface area is 131 Å². The summed E-state index contributed by atoms with van der Waals surface area (Å²) in [4.78, 5) is 15.2. The van der Waals surface area contributed by atoms with Gasteiger partial charge >= 0.3 is 12.1 Å². The SMILES string of the molecule is CC1=C(C(=O)O)C(C(F)(F)F)c2c(ccnc2OCC(C)C)N1. The van der Waals surface area contributed by atoms with Crippen molar-refractivity contribution in [2.24, 2.45) is 5.92 Å². The van der Waals surface area contributed by atoms with E-state index in [1.54, 1.807) is 0 Å². The number of carbonyl (C=O) groups is 1. The molecule has 1 aromatic heterocycles. The summed E-state index contributed by atoms with van der Waals surface area (Å²) in [7, 11) is 0. The fourth-order valence-corrected chi connectivity index (χ4v) is 2.44. The van der Waals surface area contributed by atoms with E-state index in [4.69, 9.17) is 4.74 Å². The minimum absolute atomic E-state index is 0.0478. The van der Waals surface area contributed by atoms with E-state index in [2.05, 4.69) is 10.3 Å². The number of hydrogen-bond acceptors (Lipinski definition) is 4. The van der Waals surface area contributed by atoms with Gasteiger partial charge in [0.05, 0.1) is 17.7 Å². The molecule has 0 saturated heterocycles. The Morgan fingerprint density at radius 2 is 2.13 bits per heavy atom. The molecular formula is C15H17F3N2O3. The van der Waals surface area contributed by atoms with E-state index in [1.165, 1.54) is 19.2 Å². The molecule has 8 heteroatoms. The molecule has 0 amide bonds. The molecule has 2 rings (SSSR count). The van der Waals surface area contributed by atoms with Gasteiger partial charge in [0.25, 0.3) is 0 Å². The summed E-state index contributed by atoms with van der Waals surface area (Å²) in [5.74, 6) is -4.02. The first-order chi connectivity index (χ1) is 10.6. The summed E-state index contributed by atoms with van der Waals surface area (Å²) in [6.45, 7) is 5.18. The van der Waals surface area contributed by atoms with E-state index >= 15 is 0 Å². The van der Waals surface area contributed by atoms with Crippen molar-refractivity contribution in [3.05, 3.63) is 29.1 Å². The van der Waals surface area contributed by atoms with Crippen LogP contribution in [0.25, 0.3) is 0 Å². The number of hydrogen-bond donors (Lipinski definition) is 2. The van der Waals surface area contributed by atoms with Gasteiger partial charge in [-0.05, 0) is 18.9 Å². The van der Waals surface area contributed by atoms with Gasteiger partial charge in [-0.15, -0.1) is 0 Å². The van der Waals surface area contributed by atoms with Crippen LogP contribution in [0.4, 0.5) is 18.9 Å². The van der Waals surface area contributed by atoms with E-state index in [1.807, 2.05) is 13.8 Å². The van der Waals surface area contributed by atoms with Crippen LogP contribution < -0.4 is 10.1 Å². The van der Waals surface area contributed by atoms with Gasteiger partial charge in [-0.3, -0.25) is 0 Å². The molecule has 23 heavy (non-hydrogen) atoms. The third-order valence-corrected chi connectivity index (χ3v) is 3.37. The lowest BCUT2D eigenvalue weighted by atomic mass is 9.85. The van der Waals surface area contributed by atoms with Gasteiger partial charge in [0, 0.05) is 17.6 Å². The smallest absolute Gasteiger partial charge is 0.400 e. The number of carboxylic acid groups (broad SMARTS) is 1. The number of aliphatic carboxylic acids is 1. The number of nitrogens with zero attached hydrogens (tertiary/aromatic N) is 1. The molecule has 0 saturated carbocycles. The van der Waals surface area contributed by atoms with Crippen molar-refractivity contribution in [2.75, 3.05) is 11.9 Å². The Morgan fingerprint density at radius 1 is 1.48 bits per heavy atom. The fraction of sp³-hybridized carbons (Fsp3) is 0.467. The largest absolute Gasteiger partial charge is 0.478 e. The van der Waals surface area contributed by atoms with E-state index in [0.717, 1.165) is 0 Å². The number of ether oxygens (including phenoxy) is 1. The molecule has 0 spiro atoms. The number of fused-ring (bicyclic) bond motifs is 1. The highest BCUT2D eigenvalue weighted by Crippen LogP contribution is 2.49. The number of rotatable bonds is 4. The molecular weight excluding hydrogens is 313 g/mol. The van der Waals surface area contributed by atoms with Gasteiger partial charge in [-0.2, -0.15) is 13.2 Å². The van der Waals surface area contributed by atoms with Gasteiger partial charge < -0.3 is 15.2 Å². The monoisotopic (exact) mass is 330 g/mol. The summed E-state index contributed by atoms with van der Waals surface area (Å²) >= 11 is 0. The summed E-state index contributed by atoms with van der Waals surface area (Å²) in [6, 6.07) is 1.37. The van der Waals surface area contributed by atoms with Crippen LogP contribution in [0, 0.1) is 5.92 Å². The van der Waals surface area contributed by atoms with Crippen LogP contribution in [0.1, 0.15) is 32.3 Å². The summed E-state index contributed by atoms with van der Waals surface area (Å²) in [5, 5.41) is 11.9. The maximum atomic E-state index is 13.6. The fourth-order valence-electron chi connectivity index (χ4n) is 2.44. The van der Waals surface area contributed by atoms with Crippen molar-refractivity contribution >= 4 is 11.7 Å². The Hall–Kier alpha value is -2.25. The van der Waals surface area contributed by atoms with Crippen molar-refractivity contribution in [3.63, 3.8) is 0 Å². The molecule has 0 radical (unpaired) electrons. The highest BCUT2D eigenvalue weighted by molar-refractivity contribution is 5.92. The van der Waals surface area contributed by atoms with Gasteiger partial charge in [0.2, 0.25) is 5.88 Å². The molecule has 1 unspecified atom stereocenters. The summed E-state index contributed by atoms with van der Waals surface area (Å²) < 4.78 is 46.1. The molecule has 2 N–H and O–H groups in total. The van der Waals surface area contributed by atoms with E-state index in [-0.39, 0.29) is 35.4 Å². The van der Waals surface area contributed by atoms with Gasteiger partial charge in [0.1, 0.15) is 5.92 Å². The Bertz CT molecular complexity index is 654. The highest BCUT2D eigenvalue weighted by atomic mass is 19.4. The molecule has 2 heterocycles. The third kappa shape index (κ3) is 3.40. The molecule has 1 aromatic rings. The quantitative estimate of drug-likeness (QED) is 0.883. The van der Waals surface area contributed by atoms with E-state index in [9.17, 15) is 23.1 Å². The number of aromatic nitrogens is 1. The molecule has 5 nitrogen and oxygen atoms in total. The molecule has 0 bridgehead atoms.